The molecular weight excluding hydrogens is 210 g/mol. The Bertz CT molecular complexity index is 492. The summed E-state index contributed by atoms with van der Waals surface area (Å²) in [6.45, 7) is 0. The summed E-state index contributed by atoms with van der Waals surface area (Å²) < 4.78 is 0. The lowest BCUT2D eigenvalue weighted by Gasteiger charge is -2.04. The lowest BCUT2D eigenvalue weighted by molar-refractivity contribution is -0.118. The molecule has 4 heteroatoms. The third-order valence-corrected chi connectivity index (χ3v) is 2.67. The van der Waals surface area contributed by atoms with Crippen molar-refractivity contribution in [2.45, 2.75) is 12.5 Å². The van der Waals surface area contributed by atoms with Crippen LogP contribution in [0.5, 0.6) is 0 Å². The first-order chi connectivity index (χ1) is 7.18. The first kappa shape index (κ1) is 10.3. The molecule has 15 heavy (non-hydrogen) atoms. The van der Waals surface area contributed by atoms with E-state index in [0.29, 0.717) is 6.42 Å². The first-order valence-corrected chi connectivity index (χ1v) is 5.09. The number of aliphatic hydroxyl groups excluding tert-OH is 1. The van der Waals surface area contributed by atoms with Crippen molar-refractivity contribution in [1.82, 2.24) is 4.98 Å². The fourth-order valence-electron chi connectivity index (χ4n) is 1.60. The molecule has 0 saturated heterocycles. The van der Waals surface area contributed by atoms with Gasteiger partial charge in [-0.05, 0) is 11.6 Å². The molecule has 2 N–H and O–H groups in total. The van der Waals surface area contributed by atoms with Gasteiger partial charge in [-0.1, -0.05) is 18.2 Å². The fraction of sp³-hybridized carbons (Fsp3) is 0.182. The van der Waals surface area contributed by atoms with Gasteiger partial charge in [-0.15, -0.1) is 12.6 Å². The average Bonchev–Trinajstić information content (AvgIpc) is 2.62. The summed E-state index contributed by atoms with van der Waals surface area (Å²) in [5.41, 5.74) is 1.94. The van der Waals surface area contributed by atoms with E-state index in [4.69, 9.17) is 0 Å². The number of H-pyrrole nitrogens is 1. The van der Waals surface area contributed by atoms with Crippen LogP contribution in [-0.4, -0.2) is 21.3 Å². The Morgan fingerprint density at radius 3 is 2.93 bits per heavy atom. The number of aliphatic hydroxyl groups is 1. The third-order valence-electron chi connectivity index (χ3n) is 2.37. The van der Waals surface area contributed by atoms with Crippen LogP contribution in [0.4, 0.5) is 0 Å². The van der Waals surface area contributed by atoms with E-state index < -0.39 is 11.2 Å². The van der Waals surface area contributed by atoms with Crippen molar-refractivity contribution in [3.05, 3.63) is 36.0 Å². The molecule has 1 heterocycles. The summed E-state index contributed by atoms with van der Waals surface area (Å²) in [4.78, 5) is 13.9. The summed E-state index contributed by atoms with van der Waals surface area (Å²) in [7, 11) is 0. The lowest BCUT2D eigenvalue weighted by Crippen LogP contribution is -2.17. The van der Waals surface area contributed by atoms with Crippen molar-refractivity contribution in [1.29, 1.82) is 0 Å². The molecule has 0 amide bonds. The van der Waals surface area contributed by atoms with E-state index in [1.807, 2.05) is 30.5 Å². The number of para-hydroxylation sites is 1. The number of thiol groups is 1. The third kappa shape index (κ3) is 2.06. The van der Waals surface area contributed by atoms with Crippen molar-refractivity contribution in [2.24, 2.45) is 0 Å². The van der Waals surface area contributed by atoms with E-state index in [-0.39, 0.29) is 0 Å². The highest BCUT2D eigenvalue weighted by atomic mass is 32.1. The SMILES string of the molecule is O=C(S)C(O)Cc1c[nH]c2ccccc12. The van der Waals surface area contributed by atoms with E-state index in [1.54, 1.807) is 0 Å². The second-order valence-electron chi connectivity index (χ2n) is 3.42. The van der Waals surface area contributed by atoms with Crippen LogP contribution in [-0.2, 0) is 11.2 Å². The monoisotopic (exact) mass is 221 g/mol. The van der Waals surface area contributed by atoms with Crippen molar-refractivity contribution in [3.8, 4) is 0 Å². The molecule has 1 aromatic heterocycles. The highest BCUT2D eigenvalue weighted by molar-refractivity contribution is 7.96. The number of hydrogen-bond donors (Lipinski definition) is 3. The van der Waals surface area contributed by atoms with Gasteiger partial charge in [-0.25, -0.2) is 0 Å². The van der Waals surface area contributed by atoms with Crippen LogP contribution in [0.2, 0.25) is 0 Å². The quantitative estimate of drug-likeness (QED) is 0.688. The van der Waals surface area contributed by atoms with Crippen LogP contribution in [0.3, 0.4) is 0 Å². The van der Waals surface area contributed by atoms with Crippen molar-refractivity contribution in [3.63, 3.8) is 0 Å². The summed E-state index contributed by atoms with van der Waals surface area (Å²) in [5, 5.41) is 9.95. The Morgan fingerprint density at radius 1 is 1.47 bits per heavy atom. The van der Waals surface area contributed by atoms with Crippen molar-refractivity contribution in [2.75, 3.05) is 0 Å². The van der Waals surface area contributed by atoms with E-state index in [0.717, 1.165) is 16.5 Å². The largest absolute Gasteiger partial charge is 0.384 e. The summed E-state index contributed by atoms with van der Waals surface area (Å²) >= 11 is 3.60. The number of hydrogen-bond acceptors (Lipinski definition) is 2. The Balaban J connectivity index is 2.32. The van der Waals surface area contributed by atoms with Gasteiger partial charge in [-0.3, -0.25) is 4.79 Å². The predicted molar refractivity (Wildman–Crippen MR) is 62.0 cm³/mol. The molecule has 0 spiro atoms. The van der Waals surface area contributed by atoms with Gasteiger partial charge >= 0.3 is 0 Å². The smallest absolute Gasteiger partial charge is 0.214 e. The standard InChI is InChI=1S/C11H11NO2S/c13-10(11(14)15)5-7-6-12-9-4-2-1-3-8(7)9/h1-4,6,10,12-13H,5H2,(H,14,15). The number of carbonyl (C=O) groups excluding carboxylic acids is 1. The fourth-order valence-corrected chi connectivity index (χ4v) is 1.69. The predicted octanol–water partition coefficient (Wildman–Crippen LogP) is 1.53. The number of benzene rings is 1. The highest BCUT2D eigenvalue weighted by Gasteiger charge is 2.13. The van der Waals surface area contributed by atoms with Gasteiger partial charge in [0.15, 0.2) is 0 Å². The molecular formula is C11H11NO2S. The molecule has 0 aliphatic heterocycles. The maximum Gasteiger partial charge on any atom is 0.214 e. The van der Waals surface area contributed by atoms with Crippen LogP contribution >= 0.6 is 12.6 Å². The van der Waals surface area contributed by atoms with Gasteiger partial charge in [0.1, 0.15) is 6.10 Å². The second-order valence-corrected chi connectivity index (χ2v) is 3.86. The molecule has 0 aliphatic rings. The second kappa shape index (κ2) is 4.08. The maximum absolute atomic E-state index is 10.8. The Labute approximate surface area is 92.5 Å². The minimum atomic E-state index is -1.03. The van der Waals surface area contributed by atoms with Gasteiger partial charge < -0.3 is 10.1 Å². The average molecular weight is 221 g/mol. The molecule has 0 radical (unpaired) electrons. The summed E-state index contributed by atoms with van der Waals surface area (Å²) in [6, 6.07) is 7.77. The van der Waals surface area contributed by atoms with E-state index in [9.17, 15) is 9.90 Å². The Morgan fingerprint density at radius 2 is 2.20 bits per heavy atom. The minimum Gasteiger partial charge on any atom is -0.384 e. The Hall–Kier alpha value is -1.26. The summed E-state index contributed by atoms with van der Waals surface area (Å²) in [6.07, 6.45) is 1.07. The van der Waals surface area contributed by atoms with Crippen molar-refractivity contribution >= 4 is 28.6 Å². The molecule has 0 saturated carbocycles. The topological polar surface area (TPSA) is 53.1 Å². The molecule has 3 nitrogen and oxygen atoms in total. The van der Waals surface area contributed by atoms with Crippen LogP contribution < -0.4 is 0 Å². The van der Waals surface area contributed by atoms with Gasteiger partial charge in [0.05, 0.1) is 0 Å². The van der Waals surface area contributed by atoms with E-state index in [1.165, 1.54) is 0 Å². The number of carbonyl (C=O) groups is 1. The van der Waals surface area contributed by atoms with Crippen LogP contribution in [0, 0.1) is 0 Å². The molecule has 1 aromatic carbocycles. The van der Waals surface area contributed by atoms with Gasteiger partial charge in [0.2, 0.25) is 5.12 Å². The number of nitrogens with one attached hydrogen (secondary N) is 1. The zero-order valence-electron chi connectivity index (χ0n) is 7.97. The van der Waals surface area contributed by atoms with E-state index >= 15 is 0 Å². The van der Waals surface area contributed by atoms with Gasteiger partial charge in [0.25, 0.3) is 0 Å². The number of aromatic nitrogens is 1. The van der Waals surface area contributed by atoms with E-state index in [2.05, 4.69) is 17.6 Å². The molecule has 0 bridgehead atoms. The van der Waals surface area contributed by atoms with Gasteiger partial charge in [-0.2, -0.15) is 0 Å². The molecule has 1 atom stereocenters. The molecule has 2 rings (SSSR count). The van der Waals surface area contributed by atoms with Crippen LogP contribution in [0.25, 0.3) is 10.9 Å². The molecule has 0 aliphatic carbocycles. The number of fused-ring (bicyclic) bond motifs is 1. The first-order valence-electron chi connectivity index (χ1n) is 4.64. The lowest BCUT2D eigenvalue weighted by atomic mass is 10.1. The Kier molecular flexibility index (Phi) is 2.79. The summed E-state index contributed by atoms with van der Waals surface area (Å²) in [5.74, 6) is 0. The zero-order valence-corrected chi connectivity index (χ0v) is 8.87. The zero-order chi connectivity index (χ0) is 10.8. The molecule has 0 fully saturated rings. The maximum atomic E-state index is 10.8. The number of aromatic amines is 1. The molecule has 1 unspecified atom stereocenters. The number of rotatable bonds is 3. The van der Waals surface area contributed by atoms with Gasteiger partial charge in [0, 0.05) is 23.5 Å². The molecule has 78 valence electrons. The normalized spacial score (nSPS) is 12.9. The van der Waals surface area contributed by atoms with Crippen molar-refractivity contribution < 1.29 is 9.90 Å². The minimum absolute atomic E-state index is 0.298. The van der Waals surface area contributed by atoms with Crippen LogP contribution in [0.15, 0.2) is 30.5 Å². The molecule has 2 aromatic rings. The van der Waals surface area contributed by atoms with Crippen LogP contribution in [0.1, 0.15) is 5.56 Å². The highest BCUT2D eigenvalue weighted by Crippen LogP contribution is 2.19.